The number of hydrogen-bond acceptors (Lipinski definition) is 6. The van der Waals surface area contributed by atoms with E-state index in [2.05, 4.69) is 25.0 Å². The molecule has 146 valence electrons. The van der Waals surface area contributed by atoms with Crippen LogP contribution in [0, 0.1) is 6.92 Å². The van der Waals surface area contributed by atoms with E-state index in [1.165, 1.54) is 0 Å². The zero-order chi connectivity index (χ0) is 19.8. The van der Waals surface area contributed by atoms with Crippen LogP contribution in [-0.4, -0.2) is 66.1 Å². The third-order valence-electron chi connectivity index (χ3n) is 5.18. The fraction of sp³-hybridized carbons (Fsp3) is 0.250. The number of hydrogen-bond donors (Lipinski definition) is 0. The van der Waals surface area contributed by atoms with Crippen LogP contribution < -0.4 is 4.90 Å². The number of piperazine rings is 1. The molecule has 0 bridgehead atoms. The first-order valence-corrected chi connectivity index (χ1v) is 9.51. The Hall–Kier alpha value is -3.75. The predicted molar refractivity (Wildman–Crippen MR) is 107 cm³/mol. The Kier molecular flexibility index (Phi) is 4.19. The van der Waals surface area contributed by atoms with Crippen LogP contribution in [0.5, 0.6) is 0 Å². The molecule has 29 heavy (non-hydrogen) atoms. The van der Waals surface area contributed by atoms with Crippen LogP contribution in [0.3, 0.4) is 0 Å². The minimum atomic E-state index is 0.0146. The lowest BCUT2D eigenvalue weighted by molar-refractivity contribution is 0.0738. The van der Waals surface area contributed by atoms with Gasteiger partial charge in [-0.05, 0) is 25.1 Å². The van der Waals surface area contributed by atoms with Crippen molar-refractivity contribution >= 4 is 17.4 Å². The van der Waals surface area contributed by atoms with Gasteiger partial charge in [-0.3, -0.25) is 9.20 Å². The van der Waals surface area contributed by atoms with E-state index in [1.54, 1.807) is 17.2 Å². The van der Waals surface area contributed by atoms with Crippen molar-refractivity contribution in [2.75, 3.05) is 31.1 Å². The number of fused-ring (bicyclic) bond motifs is 1. The Bertz CT molecular complexity index is 1160. The molecule has 5 heterocycles. The van der Waals surface area contributed by atoms with Crippen LogP contribution in [0.4, 0.5) is 5.82 Å². The van der Waals surface area contributed by atoms with Crippen molar-refractivity contribution in [3.63, 3.8) is 0 Å². The van der Waals surface area contributed by atoms with Crippen LogP contribution in [0.15, 0.2) is 55.2 Å². The molecule has 0 radical (unpaired) electrons. The molecule has 5 rings (SSSR count). The molecule has 1 aliphatic heterocycles. The van der Waals surface area contributed by atoms with Crippen molar-refractivity contribution in [1.29, 1.82) is 0 Å². The fourth-order valence-corrected chi connectivity index (χ4v) is 3.70. The molecule has 1 fully saturated rings. The number of pyridine rings is 1. The number of aryl methyl sites for hydroxylation is 1. The molecule has 1 saturated heterocycles. The predicted octanol–water partition coefficient (Wildman–Crippen LogP) is 1.58. The van der Waals surface area contributed by atoms with E-state index in [9.17, 15) is 4.79 Å². The normalized spacial score (nSPS) is 14.5. The summed E-state index contributed by atoms with van der Waals surface area (Å²) in [6.45, 7) is 4.54. The Morgan fingerprint density at radius 3 is 2.62 bits per heavy atom. The highest BCUT2D eigenvalue weighted by atomic mass is 16.2. The van der Waals surface area contributed by atoms with Gasteiger partial charge in [-0.2, -0.15) is 5.10 Å². The molecule has 9 heteroatoms. The average molecular weight is 388 g/mol. The third-order valence-corrected chi connectivity index (χ3v) is 5.18. The zero-order valence-corrected chi connectivity index (χ0v) is 16.0. The molecule has 0 spiro atoms. The van der Waals surface area contributed by atoms with E-state index in [4.69, 9.17) is 0 Å². The maximum absolute atomic E-state index is 13.2. The lowest BCUT2D eigenvalue weighted by Gasteiger charge is -2.35. The van der Waals surface area contributed by atoms with Gasteiger partial charge in [0.25, 0.3) is 5.91 Å². The number of anilines is 1. The van der Waals surface area contributed by atoms with Gasteiger partial charge in [0.05, 0.1) is 5.69 Å². The lowest BCUT2D eigenvalue weighted by Crippen LogP contribution is -2.49. The molecule has 4 aromatic heterocycles. The van der Waals surface area contributed by atoms with Crippen molar-refractivity contribution in [3.8, 4) is 5.82 Å². The Labute approximate surface area is 167 Å². The second-order valence-corrected chi connectivity index (χ2v) is 6.94. The van der Waals surface area contributed by atoms with Crippen LogP contribution in [0.2, 0.25) is 0 Å². The molecule has 0 unspecified atom stereocenters. The SMILES string of the molecule is Cc1nc2ccccn2c1C(=O)N1CCN(c2cc(-n3cccn3)ncn2)CC1. The summed E-state index contributed by atoms with van der Waals surface area (Å²) in [5, 5.41) is 4.22. The average Bonchev–Trinajstić information content (AvgIpc) is 3.41. The van der Waals surface area contributed by atoms with Gasteiger partial charge < -0.3 is 9.80 Å². The summed E-state index contributed by atoms with van der Waals surface area (Å²) in [5.74, 6) is 1.57. The van der Waals surface area contributed by atoms with Gasteiger partial charge in [0.2, 0.25) is 0 Å². The highest BCUT2D eigenvalue weighted by molar-refractivity contribution is 5.94. The Morgan fingerprint density at radius 1 is 1.00 bits per heavy atom. The molecule has 1 amide bonds. The van der Waals surface area contributed by atoms with Crippen LogP contribution in [-0.2, 0) is 0 Å². The minimum Gasteiger partial charge on any atom is -0.353 e. The standard InChI is InChI=1S/C20H20N8O/c1-15-19(27-7-3-2-5-16(27)24-15)20(29)26-11-9-25(10-12-26)17-13-18(22-14-21-17)28-8-4-6-23-28/h2-8,13-14H,9-12H2,1H3. The fourth-order valence-electron chi connectivity index (χ4n) is 3.70. The zero-order valence-electron chi connectivity index (χ0n) is 16.0. The number of aromatic nitrogens is 6. The van der Waals surface area contributed by atoms with Crippen molar-refractivity contribution in [2.45, 2.75) is 6.92 Å². The van der Waals surface area contributed by atoms with Crippen molar-refractivity contribution in [3.05, 3.63) is 66.6 Å². The Balaban J connectivity index is 1.32. The van der Waals surface area contributed by atoms with Gasteiger partial charge in [-0.25, -0.2) is 19.6 Å². The maximum Gasteiger partial charge on any atom is 0.272 e. The van der Waals surface area contributed by atoms with E-state index >= 15 is 0 Å². The molecule has 0 atom stereocenters. The lowest BCUT2D eigenvalue weighted by atomic mass is 10.2. The largest absolute Gasteiger partial charge is 0.353 e. The number of nitrogens with zero attached hydrogens (tertiary/aromatic N) is 8. The summed E-state index contributed by atoms with van der Waals surface area (Å²) < 4.78 is 3.57. The van der Waals surface area contributed by atoms with Crippen LogP contribution >= 0.6 is 0 Å². The van der Waals surface area contributed by atoms with E-state index in [-0.39, 0.29) is 5.91 Å². The first-order chi connectivity index (χ1) is 14.2. The highest BCUT2D eigenvalue weighted by Crippen LogP contribution is 2.19. The summed E-state index contributed by atoms with van der Waals surface area (Å²) >= 11 is 0. The molecule has 0 saturated carbocycles. The van der Waals surface area contributed by atoms with E-state index in [0.29, 0.717) is 31.9 Å². The summed E-state index contributed by atoms with van der Waals surface area (Å²) in [6.07, 6.45) is 7.00. The monoisotopic (exact) mass is 388 g/mol. The molecule has 0 aliphatic carbocycles. The second-order valence-electron chi connectivity index (χ2n) is 6.94. The summed E-state index contributed by atoms with van der Waals surface area (Å²) in [5.41, 5.74) is 2.18. The molecule has 0 aromatic carbocycles. The molecule has 9 nitrogen and oxygen atoms in total. The van der Waals surface area contributed by atoms with E-state index in [1.807, 2.05) is 58.9 Å². The number of amides is 1. The van der Waals surface area contributed by atoms with Crippen LogP contribution in [0.25, 0.3) is 11.5 Å². The second kappa shape index (κ2) is 7.01. The van der Waals surface area contributed by atoms with Gasteiger partial charge >= 0.3 is 0 Å². The smallest absolute Gasteiger partial charge is 0.272 e. The number of imidazole rings is 1. The quantitative estimate of drug-likeness (QED) is 0.530. The van der Waals surface area contributed by atoms with Gasteiger partial charge in [-0.1, -0.05) is 6.07 Å². The summed E-state index contributed by atoms with van der Waals surface area (Å²) in [7, 11) is 0. The number of carbonyl (C=O) groups excluding carboxylic acids is 1. The molecule has 0 N–H and O–H groups in total. The minimum absolute atomic E-state index is 0.0146. The summed E-state index contributed by atoms with van der Waals surface area (Å²) in [4.78, 5) is 30.4. The number of carbonyl (C=O) groups is 1. The highest BCUT2D eigenvalue weighted by Gasteiger charge is 2.26. The van der Waals surface area contributed by atoms with Crippen molar-refractivity contribution in [2.24, 2.45) is 0 Å². The first kappa shape index (κ1) is 17.4. The third kappa shape index (κ3) is 3.10. The van der Waals surface area contributed by atoms with Crippen LogP contribution in [0.1, 0.15) is 16.2 Å². The Morgan fingerprint density at radius 2 is 1.83 bits per heavy atom. The van der Waals surface area contributed by atoms with Gasteiger partial charge in [-0.15, -0.1) is 0 Å². The topological polar surface area (TPSA) is 84.5 Å². The number of rotatable bonds is 3. The van der Waals surface area contributed by atoms with E-state index < -0.39 is 0 Å². The molecular formula is C20H20N8O. The van der Waals surface area contributed by atoms with Crippen molar-refractivity contribution < 1.29 is 4.79 Å². The van der Waals surface area contributed by atoms with Gasteiger partial charge in [0.1, 0.15) is 23.5 Å². The molecule has 4 aromatic rings. The molecular weight excluding hydrogens is 368 g/mol. The van der Waals surface area contributed by atoms with Gasteiger partial charge in [0, 0.05) is 50.8 Å². The van der Waals surface area contributed by atoms with Crippen molar-refractivity contribution in [1.82, 2.24) is 34.0 Å². The summed E-state index contributed by atoms with van der Waals surface area (Å²) in [6, 6.07) is 9.52. The first-order valence-electron chi connectivity index (χ1n) is 9.51. The van der Waals surface area contributed by atoms with Gasteiger partial charge in [0.15, 0.2) is 5.82 Å². The maximum atomic E-state index is 13.2. The van der Waals surface area contributed by atoms with E-state index in [0.717, 1.165) is 23.0 Å². The molecule has 1 aliphatic rings.